The van der Waals surface area contributed by atoms with E-state index in [0.717, 1.165) is 18.4 Å². The monoisotopic (exact) mass is 205 g/mol. The molecule has 0 radical (unpaired) electrons. The van der Waals surface area contributed by atoms with Crippen molar-refractivity contribution in [3.8, 4) is 0 Å². The lowest BCUT2D eigenvalue weighted by Gasteiger charge is -2.27. The highest BCUT2D eigenvalue weighted by atomic mass is 16.1. The number of nitrogens with two attached hydrogens (primary N) is 1. The molecule has 1 amide bonds. The molecule has 4 heteroatoms. The van der Waals surface area contributed by atoms with Crippen molar-refractivity contribution in [1.29, 1.82) is 0 Å². The number of rotatable bonds is 4. The number of hydrogen-bond donors (Lipinski definition) is 2. The Morgan fingerprint density at radius 2 is 2.13 bits per heavy atom. The van der Waals surface area contributed by atoms with Crippen LogP contribution >= 0.6 is 0 Å². The van der Waals surface area contributed by atoms with E-state index in [1.54, 1.807) is 12.4 Å². The van der Waals surface area contributed by atoms with E-state index in [2.05, 4.69) is 10.3 Å². The summed E-state index contributed by atoms with van der Waals surface area (Å²) in [7, 11) is 0. The fourth-order valence-corrected chi connectivity index (χ4v) is 1.62. The molecule has 1 heterocycles. The topological polar surface area (TPSA) is 68.0 Å². The number of carbonyl (C=O) groups excluding carboxylic acids is 1. The molecule has 1 aromatic heterocycles. The van der Waals surface area contributed by atoms with E-state index in [-0.39, 0.29) is 5.91 Å². The maximum absolute atomic E-state index is 11.5. The van der Waals surface area contributed by atoms with Crippen LogP contribution in [0, 0.1) is 0 Å². The zero-order chi connectivity index (χ0) is 10.9. The van der Waals surface area contributed by atoms with Crippen LogP contribution in [0.15, 0.2) is 24.5 Å². The summed E-state index contributed by atoms with van der Waals surface area (Å²) in [6.45, 7) is 1.82. The van der Waals surface area contributed by atoms with Crippen molar-refractivity contribution in [2.45, 2.75) is 31.3 Å². The van der Waals surface area contributed by atoms with Gasteiger partial charge in [0.25, 0.3) is 0 Å². The standard InChI is InChI=1S/C11H15N3O/c1-11(10(12)15,14-9-2-3-9)8-4-6-13-7-5-8/h4-7,9,14H,2-3H2,1H3,(H2,12,15)/t11-/m1/s1. The highest BCUT2D eigenvalue weighted by Crippen LogP contribution is 2.27. The average molecular weight is 205 g/mol. The molecule has 1 atom stereocenters. The number of pyridine rings is 1. The Balaban J connectivity index is 2.28. The van der Waals surface area contributed by atoms with Crippen molar-refractivity contribution >= 4 is 5.91 Å². The van der Waals surface area contributed by atoms with Crippen molar-refractivity contribution < 1.29 is 4.79 Å². The Morgan fingerprint density at radius 1 is 1.53 bits per heavy atom. The minimum atomic E-state index is -0.774. The van der Waals surface area contributed by atoms with Gasteiger partial charge in [-0.25, -0.2) is 0 Å². The summed E-state index contributed by atoms with van der Waals surface area (Å²) in [4.78, 5) is 15.5. The third kappa shape index (κ3) is 1.99. The van der Waals surface area contributed by atoms with E-state index >= 15 is 0 Å². The summed E-state index contributed by atoms with van der Waals surface area (Å²) < 4.78 is 0. The first-order valence-electron chi connectivity index (χ1n) is 5.11. The lowest BCUT2D eigenvalue weighted by atomic mass is 9.92. The lowest BCUT2D eigenvalue weighted by Crippen LogP contribution is -2.51. The van der Waals surface area contributed by atoms with Gasteiger partial charge in [-0.3, -0.25) is 15.1 Å². The Hall–Kier alpha value is -1.42. The molecule has 0 unspecified atom stereocenters. The SMILES string of the molecule is C[C@](NC1CC1)(C(N)=O)c1ccncc1. The maximum atomic E-state index is 11.5. The van der Waals surface area contributed by atoms with Crippen LogP contribution in [0.3, 0.4) is 0 Å². The van der Waals surface area contributed by atoms with Gasteiger partial charge in [-0.05, 0) is 37.5 Å². The Kier molecular flexibility index (Phi) is 2.44. The van der Waals surface area contributed by atoms with Gasteiger partial charge in [0.1, 0.15) is 5.54 Å². The van der Waals surface area contributed by atoms with Crippen LogP contribution in [-0.2, 0) is 10.3 Å². The number of nitrogens with zero attached hydrogens (tertiary/aromatic N) is 1. The van der Waals surface area contributed by atoms with E-state index in [0.29, 0.717) is 6.04 Å². The molecule has 1 fully saturated rings. The smallest absolute Gasteiger partial charge is 0.242 e. The summed E-state index contributed by atoms with van der Waals surface area (Å²) >= 11 is 0. The number of nitrogens with one attached hydrogen (secondary N) is 1. The van der Waals surface area contributed by atoms with Crippen LogP contribution in [0.4, 0.5) is 0 Å². The van der Waals surface area contributed by atoms with Crippen LogP contribution in [0.2, 0.25) is 0 Å². The van der Waals surface area contributed by atoms with Gasteiger partial charge in [0.05, 0.1) is 0 Å². The van der Waals surface area contributed by atoms with Gasteiger partial charge >= 0.3 is 0 Å². The molecule has 3 N–H and O–H groups in total. The predicted molar refractivity (Wildman–Crippen MR) is 56.9 cm³/mol. The van der Waals surface area contributed by atoms with E-state index in [1.807, 2.05) is 19.1 Å². The second-order valence-corrected chi connectivity index (χ2v) is 4.14. The number of primary amides is 1. The number of carbonyl (C=O) groups is 1. The van der Waals surface area contributed by atoms with Crippen LogP contribution in [0.5, 0.6) is 0 Å². The molecule has 0 aromatic carbocycles. The molecule has 1 aliphatic rings. The molecule has 0 spiro atoms. The summed E-state index contributed by atoms with van der Waals surface area (Å²) in [5, 5.41) is 3.28. The lowest BCUT2D eigenvalue weighted by molar-refractivity contribution is -0.124. The van der Waals surface area contributed by atoms with E-state index in [1.165, 1.54) is 0 Å². The largest absolute Gasteiger partial charge is 0.368 e. The normalized spacial score (nSPS) is 19.5. The number of amides is 1. The van der Waals surface area contributed by atoms with Gasteiger partial charge in [-0.15, -0.1) is 0 Å². The molecule has 4 nitrogen and oxygen atoms in total. The second kappa shape index (κ2) is 3.62. The minimum Gasteiger partial charge on any atom is -0.368 e. The van der Waals surface area contributed by atoms with Crippen LogP contribution < -0.4 is 11.1 Å². The molecule has 0 bridgehead atoms. The predicted octanol–water partition coefficient (Wildman–Crippen LogP) is 0.534. The average Bonchev–Trinajstić information content (AvgIpc) is 3.02. The van der Waals surface area contributed by atoms with E-state index in [4.69, 9.17) is 5.73 Å². The van der Waals surface area contributed by atoms with Crippen molar-refractivity contribution in [2.75, 3.05) is 0 Å². The molecule has 1 saturated carbocycles. The van der Waals surface area contributed by atoms with Crippen molar-refractivity contribution in [3.05, 3.63) is 30.1 Å². The quantitative estimate of drug-likeness (QED) is 0.753. The molecular weight excluding hydrogens is 190 g/mol. The zero-order valence-electron chi connectivity index (χ0n) is 8.73. The highest BCUT2D eigenvalue weighted by molar-refractivity contribution is 5.85. The minimum absolute atomic E-state index is 0.347. The maximum Gasteiger partial charge on any atom is 0.242 e. The van der Waals surface area contributed by atoms with Gasteiger partial charge in [0, 0.05) is 18.4 Å². The third-order valence-corrected chi connectivity index (χ3v) is 2.82. The zero-order valence-corrected chi connectivity index (χ0v) is 8.73. The molecule has 80 valence electrons. The molecule has 2 rings (SSSR count). The van der Waals surface area contributed by atoms with Crippen LogP contribution in [0.25, 0.3) is 0 Å². The Bertz CT molecular complexity index is 361. The van der Waals surface area contributed by atoms with Gasteiger partial charge in [0.15, 0.2) is 0 Å². The van der Waals surface area contributed by atoms with Crippen molar-refractivity contribution in [1.82, 2.24) is 10.3 Å². The van der Waals surface area contributed by atoms with Crippen molar-refractivity contribution in [3.63, 3.8) is 0 Å². The van der Waals surface area contributed by atoms with Gasteiger partial charge in [-0.1, -0.05) is 0 Å². The van der Waals surface area contributed by atoms with Gasteiger partial charge in [-0.2, -0.15) is 0 Å². The summed E-state index contributed by atoms with van der Waals surface area (Å²) in [5.74, 6) is -0.347. The first kappa shape index (κ1) is 10.1. The second-order valence-electron chi connectivity index (χ2n) is 4.14. The fourth-order valence-electron chi connectivity index (χ4n) is 1.62. The van der Waals surface area contributed by atoms with Gasteiger partial charge < -0.3 is 5.73 Å². The van der Waals surface area contributed by atoms with E-state index < -0.39 is 5.54 Å². The van der Waals surface area contributed by atoms with Crippen molar-refractivity contribution in [2.24, 2.45) is 5.73 Å². The molecule has 1 aromatic rings. The number of aromatic nitrogens is 1. The molecule has 0 saturated heterocycles. The third-order valence-electron chi connectivity index (χ3n) is 2.82. The highest BCUT2D eigenvalue weighted by Gasteiger charge is 2.38. The first-order valence-corrected chi connectivity index (χ1v) is 5.11. The Labute approximate surface area is 88.9 Å². The molecule has 0 aliphatic heterocycles. The molecular formula is C11H15N3O. The number of hydrogen-bond acceptors (Lipinski definition) is 3. The van der Waals surface area contributed by atoms with Crippen LogP contribution in [-0.4, -0.2) is 16.9 Å². The summed E-state index contributed by atoms with van der Waals surface area (Å²) in [5.41, 5.74) is 5.56. The van der Waals surface area contributed by atoms with E-state index in [9.17, 15) is 4.79 Å². The summed E-state index contributed by atoms with van der Waals surface area (Å²) in [6, 6.07) is 4.07. The Morgan fingerprint density at radius 3 is 2.60 bits per heavy atom. The summed E-state index contributed by atoms with van der Waals surface area (Å²) in [6.07, 6.45) is 5.58. The van der Waals surface area contributed by atoms with Crippen LogP contribution in [0.1, 0.15) is 25.3 Å². The molecule has 1 aliphatic carbocycles. The fraction of sp³-hybridized carbons (Fsp3) is 0.455. The van der Waals surface area contributed by atoms with Gasteiger partial charge in [0.2, 0.25) is 5.91 Å². The first-order chi connectivity index (χ1) is 7.13. The molecule has 15 heavy (non-hydrogen) atoms.